The van der Waals surface area contributed by atoms with Gasteiger partial charge in [0.15, 0.2) is 23.0 Å². The van der Waals surface area contributed by atoms with Crippen LogP contribution in [0, 0.1) is 0 Å². The van der Waals surface area contributed by atoms with Gasteiger partial charge in [-0.15, -0.1) is 0 Å². The van der Waals surface area contributed by atoms with Crippen molar-refractivity contribution in [2.24, 2.45) is 0 Å². The second-order valence-electron chi connectivity index (χ2n) is 4.43. The first-order chi connectivity index (χ1) is 10.2. The van der Waals surface area contributed by atoms with Gasteiger partial charge in [0.05, 0.1) is 7.11 Å². The molecule has 0 aliphatic heterocycles. The number of hydrogen-bond acceptors (Lipinski definition) is 5. The molecule has 0 fully saturated rings. The molecule has 2 aromatic heterocycles. The number of hydrogen-bond donors (Lipinski definition) is 1. The number of benzene rings is 1. The average Bonchev–Trinajstić information content (AvgIpc) is 2.90. The van der Waals surface area contributed by atoms with Crippen molar-refractivity contribution >= 4 is 28.4 Å². The fourth-order valence-electron chi connectivity index (χ4n) is 2.17. The molecule has 0 atom stereocenters. The number of rotatable bonds is 4. The fraction of sp³-hybridized carbons (Fsp3) is 0.200. The van der Waals surface area contributed by atoms with E-state index >= 15 is 0 Å². The molecule has 3 rings (SSSR count). The van der Waals surface area contributed by atoms with Crippen molar-refractivity contribution in [1.29, 1.82) is 0 Å². The van der Waals surface area contributed by atoms with Gasteiger partial charge in [0.2, 0.25) is 0 Å². The molecule has 0 aliphatic carbocycles. The number of ether oxygens (including phenoxy) is 1. The molecule has 0 saturated heterocycles. The van der Waals surface area contributed by atoms with Crippen LogP contribution in [0.2, 0.25) is 5.02 Å². The van der Waals surface area contributed by atoms with Gasteiger partial charge in [0.1, 0.15) is 11.9 Å². The fourth-order valence-corrected chi connectivity index (χ4v) is 2.35. The lowest BCUT2D eigenvalue weighted by atomic mass is 10.2. The van der Waals surface area contributed by atoms with Crippen molar-refractivity contribution in [1.82, 2.24) is 9.97 Å². The van der Waals surface area contributed by atoms with Crippen LogP contribution in [0.4, 0.5) is 5.82 Å². The van der Waals surface area contributed by atoms with Crippen LogP contribution in [0.1, 0.15) is 6.92 Å². The van der Waals surface area contributed by atoms with Crippen LogP contribution in [0.3, 0.4) is 0 Å². The monoisotopic (exact) mass is 303 g/mol. The SMILES string of the molecule is CCNc1ncnc(-c2cc3cc(Cl)ccc3o2)c1OC. The van der Waals surface area contributed by atoms with Crippen LogP contribution >= 0.6 is 11.6 Å². The summed E-state index contributed by atoms with van der Waals surface area (Å²) in [7, 11) is 1.59. The Morgan fingerprint density at radius 1 is 1.29 bits per heavy atom. The Balaban J connectivity index is 2.15. The van der Waals surface area contributed by atoms with E-state index in [0.717, 1.165) is 17.5 Å². The number of methoxy groups -OCH3 is 1. The van der Waals surface area contributed by atoms with Crippen molar-refractivity contribution < 1.29 is 9.15 Å². The third kappa shape index (κ3) is 2.52. The summed E-state index contributed by atoms with van der Waals surface area (Å²) in [5.41, 5.74) is 1.36. The summed E-state index contributed by atoms with van der Waals surface area (Å²) in [6.45, 7) is 2.73. The molecular formula is C15H14ClN3O2. The smallest absolute Gasteiger partial charge is 0.190 e. The minimum Gasteiger partial charge on any atom is -0.491 e. The molecule has 0 bridgehead atoms. The molecule has 1 aromatic carbocycles. The molecular weight excluding hydrogens is 290 g/mol. The zero-order chi connectivity index (χ0) is 14.8. The van der Waals surface area contributed by atoms with Gasteiger partial charge in [-0.2, -0.15) is 0 Å². The van der Waals surface area contributed by atoms with Gasteiger partial charge in [0.25, 0.3) is 0 Å². The van der Waals surface area contributed by atoms with Gasteiger partial charge in [-0.25, -0.2) is 9.97 Å². The predicted molar refractivity (Wildman–Crippen MR) is 83.0 cm³/mol. The van der Waals surface area contributed by atoms with Crippen LogP contribution in [0.15, 0.2) is 35.0 Å². The van der Waals surface area contributed by atoms with E-state index in [1.54, 1.807) is 13.2 Å². The Hall–Kier alpha value is -2.27. The van der Waals surface area contributed by atoms with Crippen LogP contribution in [0.5, 0.6) is 5.75 Å². The minimum atomic E-state index is 0.560. The summed E-state index contributed by atoms with van der Waals surface area (Å²) < 4.78 is 11.3. The standard InChI is InChI=1S/C15H14ClN3O2/c1-3-17-15-14(20-2)13(18-8-19-15)12-7-9-6-10(16)4-5-11(9)21-12/h4-8H,3H2,1-2H3,(H,17,18,19). The molecule has 0 unspecified atom stereocenters. The summed E-state index contributed by atoms with van der Waals surface area (Å²) >= 11 is 6.00. The maximum atomic E-state index is 6.00. The molecule has 6 heteroatoms. The highest BCUT2D eigenvalue weighted by Crippen LogP contribution is 2.36. The summed E-state index contributed by atoms with van der Waals surface area (Å²) in [6, 6.07) is 7.36. The maximum Gasteiger partial charge on any atom is 0.190 e. The lowest BCUT2D eigenvalue weighted by Gasteiger charge is -2.10. The first-order valence-corrected chi connectivity index (χ1v) is 6.93. The van der Waals surface area contributed by atoms with Gasteiger partial charge in [-0.1, -0.05) is 11.6 Å². The largest absolute Gasteiger partial charge is 0.491 e. The molecule has 0 radical (unpaired) electrons. The third-order valence-corrected chi connectivity index (χ3v) is 3.30. The van der Waals surface area contributed by atoms with E-state index in [2.05, 4.69) is 15.3 Å². The highest BCUT2D eigenvalue weighted by molar-refractivity contribution is 6.31. The number of nitrogens with zero attached hydrogens (tertiary/aromatic N) is 2. The average molecular weight is 304 g/mol. The van der Waals surface area contributed by atoms with E-state index in [4.69, 9.17) is 20.8 Å². The zero-order valence-corrected chi connectivity index (χ0v) is 12.4. The van der Waals surface area contributed by atoms with E-state index in [0.29, 0.717) is 28.0 Å². The second kappa shape index (κ2) is 5.61. The van der Waals surface area contributed by atoms with Crippen LogP contribution in [-0.4, -0.2) is 23.6 Å². The van der Waals surface area contributed by atoms with Crippen molar-refractivity contribution in [2.75, 3.05) is 19.0 Å². The van der Waals surface area contributed by atoms with Gasteiger partial charge in [0, 0.05) is 17.0 Å². The first-order valence-electron chi connectivity index (χ1n) is 6.55. The lowest BCUT2D eigenvalue weighted by Crippen LogP contribution is -2.04. The van der Waals surface area contributed by atoms with E-state index in [1.165, 1.54) is 6.33 Å². The van der Waals surface area contributed by atoms with Crippen LogP contribution < -0.4 is 10.1 Å². The second-order valence-corrected chi connectivity index (χ2v) is 4.86. The third-order valence-electron chi connectivity index (χ3n) is 3.06. The maximum absolute atomic E-state index is 6.00. The number of halogens is 1. The zero-order valence-electron chi connectivity index (χ0n) is 11.7. The molecule has 0 amide bonds. The highest BCUT2D eigenvalue weighted by atomic mass is 35.5. The van der Waals surface area contributed by atoms with Gasteiger partial charge in [-0.05, 0) is 31.2 Å². The Morgan fingerprint density at radius 2 is 2.14 bits per heavy atom. The number of fused-ring (bicyclic) bond motifs is 1. The van der Waals surface area contributed by atoms with E-state index in [-0.39, 0.29) is 0 Å². The highest BCUT2D eigenvalue weighted by Gasteiger charge is 2.17. The summed E-state index contributed by atoms with van der Waals surface area (Å²) in [6.07, 6.45) is 1.48. The number of anilines is 1. The van der Waals surface area contributed by atoms with Crippen LogP contribution in [0.25, 0.3) is 22.4 Å². The number of aromatic nitrogens is 2. The van der Waals surface area contributed by atoms with Crippen LogP contribution in [-0.2, 0) is 0 Å². The molecule has 2 heterocycles. The van der Waals surface area contributed by atoms with Crippen molar-refractivity contribution in [3.05, 3.63) is 35.6 Å². The number of furan rings is 1. The summed E-state index contributed by atoms with van der Waals surface area (Å²) in [4.78, 5) is 8.46. The van der Waals surface area contributed by atoms with Crippen molar-refractivity contribution in [2.45, 2.75) is 6.92 Å². The quantitative estimate of drug-likeness (QED) is 0.790. The van der Waals surface area contributed by atoms with E-state index in [1.807, 2.05) is 25.1 Å². The van der Waals surface area contributed by atoms with Crippen molar-refractivity contribution in [3.63, 3.8) is 0 Å². The normalized spacial score (nSPS) is 10.8. The predicted octanol–water partition coefficient (Wildman–Crippen LogP) is 3.98. The molecule has 0 saturated carbocycles. The summed E-state index contributed by atoms with van der Waals surface area (Å²) in [5.74, 6) is 1.82. The lowest BCUT2D eigenvalue weighted by molar-refractivity contribution is 0.413. The molecule has 0 aliphatic rings. The minimum absolute atomic E-state index is 0.560. The molecule has 1 N–H and O–H groups in total. The van der Waals surface area contributed by atoms with Gasteiger partial charge in [-0.3, -0.25) is 0 Å². The molecule has 0 spiro atoms. The topological polar surface area (TPSA) is 60.2 Å². The molecule has 5 nitrogen and oxygen atoms in total. The van der Waals surface area contributed by atoms with Gasteiger partial charge < -0.3 is 14.5 Å². The Bertz CT molecular complexity index is 786. The molecule has 108 valence electrons. The van der Waals surface area contributed by atoms with Crippen molar-refractivity contribution in [3.8, 4) is 17.2 Å². The van der Waals surface area contributed by atoms with Gasteiger partial charge >= 0.3 is 0 Å². The molecule has 21 heavy (non-hydrogen) atoms. The first kappa shape index (κ1) is 13.7. The Kier molecular flexibility index (Phi) is 3.66. The summed E-state index contributed by atoms with van der Waals surface area (Å²) in [5, 5.41) is 4.73. The molecule has 3 aromatic rings. The number of nitrogens with one attached hydrogen (secondary N) is 1. The Labute approximate surface area is 126 Å². The van der Waals surface area contributed by atoms with E-state index in [9.17, 15) is 0 Å². The van der Waals surface area contributed by atoms with E-state index < -0.39 is 0 Å². The Morgan fingerprint density at radius 3 is 2.90 bits per heavy atom.